The second kappa shape index (κ2) is 4.84. The summed E-state index contributed by atoms with van der Waals surface area (Å²) >= 11 is 0. The molecule has 0 spiro atoms. The second-order valence-electron chi connectivity index (χ2n) is 5.68. The topological polar surface area (TPSA) is 23.5 Å². The second-order valence-corrected chi connectivity index (χ2v) is 5.68. The quantitative estimate of drug-likeness (QED) is 0.757. The Morgan fingerprint density at radius 3 is 2.20 bits per heavy atom. The van der Waals surface area contributed by atoms with E-state index in [-0.39, 0.29) is 6.10 Å². The Morgan fingerprint density at radius 2 is 1.73 bits per heavy atom. The Kier molecular flexibility index (Phi) is 3.68. The fourth-order valence-electron chi connectivity index (χ4n) is 3.26. The van der Waals surface area contributed by atoms with Crippen LogP contribution in [0.5, 0.6) is 0 Å². The van der Waals surface area contributed by atoms with Gasteiger partial charge in [0, 0.05) is 6.04 Å². The molecule has 1 saturated carbocycles. The number of likely N-dealkylation sites (tertiary alicyclic amines) is 1. The lowest BCUT2D eigenvalue weighted by Gasteiger charge is -2.38. The zero-order valence-corrected chi connectivity index (χ0v) is 10.2. The molecule has 2 aliphatic rings. The first kappa shape index (κ1) is 11.4. The van der Waals surface area contributed by atoms with E-state index in [2.05, 4.69) is 18.7 Å². The summed E-state index contributed by atoms with van der Waals surface area (Å²) in [6, 6.07) is 0.484. The molecule has 0 bridgehead atoms. The first-order valence-electron chi connectivity index (χ1n) is 6.60. The predicted molar refractivity (Wildman–Crippen MR) is 62.8 cm³/mol. The molecule has 0 aromatic heterocycles. The highest BCUT2D eigenvalue weighted by atomic mass is 16.3. The minimum atomic E-state index is -0.0411. The molecule has 0 radical (unpaired) electrons. The normalized spacial score (nSPS) is 35.2. The Labute approximate surface area is 93.7 Å². The van der Waals surface area contributed by atoms with Crippen LogP contribution in [-0.2, 0) is 0 Å². The van der Waals surface area contributed by atoms with Gasteiger partial charge >= 0.3 is 0 Å². The fourth-order valence-corrected chi connectivity index (χ4v) is 3.26. The van der Waals surface area contributed by atoms with Crippen LogP contribution < -0.4 is 0 Å². The van der Waals surface area contributed by atoms with E-state index in [1.54, 1.807) is 0 Å². The van der Waals surface area contributed by atoms with Gasteiger partial charge in [-0.3, -0.25) is 4.90 Å². The zero-order chi connectivity index (χ0) is 10.8. The van der Waals surface area contributed by atoms with Gasteiger partial charge in [0.05, 0.1) is 6.10 Å². The molecule has 1 aliphatic carbocycles. The van der Waals surface area contributed by atoms with E-state index >= 15 is 0 Å². The van der Waals surface area contributed by atoms with Gasteiger partial charge in [-0.05, 0) is 57.0 Å². The summed E-state index contributed by atoms with van der Waals surface area (Å²) in [5.74, 6) is 1.75. The number of aliphatic hydroxyl groups excluding tert-OH is 1. The van der Waals surface area contributed by atoms with Crippen LogP contribution in [0.4, 0.5) is 0 Å². The molecule has 2 nitrogen and oxygen atoms in total. The number of rotatable bonds is 2. The minimum Gasteiger partial charge on any atom is -0.391 e. The van der Waals surface area contributed by atoms with E-state index in [1.165, 1.54) is 38.8 Å². The van der Waals surface area contributed by atoms with Crippen LogP contribution in [0.2, 0.25) is 0 Å². The number of aliphatic hydroxyl groups is 1. The van der Waals surface area contributed by atoms with Crippen molar-refractivity contribution in [3.05, 3.63) is 0 Å². The molecule has 1 aliphatic heterocycles. The lowest BCUT2D eigenvalue weighted by Crippen LogP contribution is -2.45. The van der Waals surface area contributed by atoms with Crippen LogP contribution in [-0.4, -0.2) is 35.2 Å². The molecule has 2 heteroatoms. The molecule has 1 N–H and O–H groups in total. The molecule has 2 rings (SSSR count). The largest absolute Gasteiger partial charge is 0.391 e. The Bertz CT molecular complexity index is 197. The van der Waals surface area contributed by atoms with E-state index in [0.29, 0.717) is 6.04 Å². The van der Waals surface area contributed by atoms with E-state index in [4.69, 9.17) is 0 Å². The maximum Gasteiger partial charge on any atom is 0.0695 e. The average molecular weight is 211 g/mol. The molecule has 0 aromatic carbocycles. The van der Waals surface area contributed by atoms with Crippen molar-refractivity contribution in [2.45, 2.75) is 58.1 Å². The molecule has 0 amide bonds. The third kappa shape index (κ3) is 2.54. The summed E-state index contributed by atoms with van der Waals surface area (Å²) in [5.41, 5.74) is 0. The van der Waals surface area contributed by atoms with E-state index in [1.807, 2.05) is 0 Å². The van der Waals surface area contributed by atoms with Crippen LogP contribution in [0.25, 0.3) is 0 Å². The fraction of sp³-hybridized carbons (Fsp3) is 1.00. The van der Waals surface area contributed by atoms with Gasteiger partial charge in [-0.2, -0.15) is 0 Å². The van der Waals surface area contributed by atoms with Gasteiger partial charge in [0.25, 0.3) is 0 Å². The molecule has 2 fully saturated rings. The molecular formula is C13H25NO. The van der Waals surface area contributed by atoms with Crippen molar-refractivity contribution in [2.24, 2.45) is 11.8 Å². The maximum absolute atomic E-state index is 9.87. The number of hydrogen-bond donors (Lipinski definition) is 1. The SMILES string of the molecule is CC(C)C1CCN([C@@H]2CCC[C@H]2O)CC1. The minimum absolute atomic E-state index is 0.0411. The van der Waals surface area contributed by atoms with Gasteiger partial charge in [-0.1, -0.05) is 13.8 Å². The predicted octanol–water partition coefficient (Wildman–Crippen LogP) is 2.27. The van der Waals surface area contributed by atoms with Crippen molar-refractivity contribution < 1.29 is 5.11 Å². The molecule has 15 heavy (non-hydrogen) atoms. The van der Waals surface area contributed by atoms with Crippen molar-refractivity contribution in [1.29, 1.82) is 0 Å². The van der Waals surface area contributed by atoms with Gasteiger partial charge in [0.2, 0.25) is 0 Å². The number of nitrogens with zero attached hydrogens (tertiary/aromatic N) is 1. The average Bonchev–Trinajstić information content (AvgIpc) is 2.65. The Balaban J connectivity index is 1.82. The first-order valence-corrected chi connectivity index (χ1v) is 6.60. The van der Waals surface area contributed by atoms with Crippen LogP contribution in [0.3, 0.4) is 0 Å². The smallest absolute Gasteiger partial charge is 0.0695 e. The van der Waals surface area contributed by atoms with Crippen LogP contribution >= 0.6 is 0 Å². The van der Waals surface area contributed by atoms with Crippen molar-refractivity contribution in [3.63, 3.8) is 0 Å². The standard InChI is InChI=1S/C13H25NO/c1-10(2)11-6-8-14(9-7-11)12-4-3-5-13(12)15/h10-13,15H,3-9H2,1-2H3/t12-,13-/m1/s1. The Hall–Kier alpha value is -0.0800. The Morgan fingerprint density at radius 1 is 1.07 bits per heavy atom. The van der Waals surface area contributed by atoms with Crippen LogP contribution in [0.1, 0.15) is 46.0 Å². The summed E-state index contributed by atoms with van der Waals surface area (Å²) < 4.78 is 0. The molecule has 88 valence electrons. The molecule has 0 aromatic rings. The highest BCUT2D eigenvalue weighted by Gasteiger charge is 2.33. The van der Waals surface area contributed by atoms with E-state index in [0.717, 1.165) is 18.3 Å². The van der Waals surface area contributed by atoms with E-state index < -0.39 is 0 Å². The molecule has 1 heterocycles. The van der Waals surface area contributed by atoms with Crippen molar-refractivity contribution >= 4 is 0 Å². The summed E-state index contributed by atoms with van der Waals surface area (Å²) in [6.07, 6.45) is 6.08. The summed E-state index contributed by atoms with van der Waals surface area (Å²) in [7, 11) is 0. The molecular weight excluding hydrogens is 186 g/mol. The van der Waals surface area contributed by atoms with Gasteiger partial charge in [-0.25, -0.2) is 0 Å². The highest BCUT2D eigenvalue weighted by Crippen LogP contribution is 2.30. The lowest BCUT2D eigenvalue weighted by molar-refractivity contribution is 0.0424. The van der Waals surface area contributed by atoms with Gasteiger partial charge < -0.3 is 5.11 Å². The van der Waals surface area contributed by atoms with Gasteiger partial charge in [0.1, 0.15) is 0 Å². The summed E-state index contributed by atoms with van der Waals surface area (Å²) in [6.45, 7) is 7.10. The summed E-state index contributed by atoms with van der Waals surface area (Å²) in [5, 5.41) is 9.87. The van der Waals surface area contributed by atoms with Crippen molar-refractivity contribution in [1.82, 2.24) is 4.90 Å². The monoisotopic (exact) mass is 211 g/mol. The molecule has 1 saturated heterocycles. The zero-order valence-electron chi connectivity index (χ0n) is 10.2. The third-order valence-electron chi connectivity index (χ3n) is 4.43. The van der Waals surface area contributed by atoms with Crippen molar-refractivity contribution in [3.8, 4) is 0 Å². The summed E-state index contributed by atoms with van der Waals surface area (Å²) in [4.78, 5) is 2.54. The van der Waals surface area contributed by atoms with Crippen LogP contribution in [0, 0.1) is 11.8 Å². The molecule has 0 unspecified atom stereocenters. The van der Waals surface area contributed by atoms with E-state index in [9.17, 15) is 5.11 Å². The maximum atomic E-state index is 9.87. The third-order valence-corrected chi connectivity index (χ3v) is 4.43. The number of piperidine rings is 1. The van der Waals surface area contributed by atoms with Crippen LogP contribution in [0.15, 0.2) is 0 Å². The highest BCUT2D eigenvalue weighted by molar-refractivity contribution is 4.87. The first-order chi connectivity index (χ1) is 7.18. The van der Waals surface area contributed by atoms with Crippen molar-refractivity contribution in [2.75, 3.05) is 13.1 Å². The number of hydrogen-bond acceptors (Lipinski definition) is 2. The van der Waals surface area contributed by atoms with Gasteiger partial charge in [0.15, 0.2) is 0 Å². The van der Waals surface area contributed by atoms with Gasteiger partial charge in [-0.15, -0.1) is 0 Å². The molecule has 2 atom stereocenters. The lowest BCUT2D eigenvalue weighted by atomic mass is 9.86.